The zero-order valence-electron chi connectivity index (χ0n) is 11.5. The molecule has 0 aliphatic carbocycles. The molecule has 0 aromatic heterocycles. The molecular formula is C16H25NO2. The van der Waals surface area contributed by atoms with E-state index < -0.39 is 6.10 Å². The van der Waals surface area contributed by atoms with Gasteiger partial charge in [-0.2, -0.15) is 0 Å². The van der Waals surface area contributed by atoms with E-state index in [-0.39, 0.29) is 6.61 Å². The first-order chi connectivity index (χ1) is 9.29. The normalized spacial score (nSPS) is 19.5. The topological polar surface area (TPSA) is 43.7 Å². The molecule has 1 fully saturated rings. The average Bonchev–Trinajstić information content (AvgIpc) is 2.48. The first-order valence-electron chi connectivity index (χ1n) is 7.36. The molecule has 1 atom stereocenters. The van der Waals surface area contributed by atoms with Crippen LogP contribution in [0.3, 0.4) is 0 Å². The molecule has 0 saturated carbocycles. The number of nitrogens with zero attached hydrogens (tertiary/aromatic N) is 1. The van der Waals surface area contributed by atoms with Crippen LogP contribution in [0.2, 0.25) is 0 Å². The summed E-state index contributed by atoms with van der Waals surface area (Å²) in [6.07, 6.45) is 3.59. The van der Waals surface area contributed by atoms with Crippen molar-refractivity contribution in [2.24, 2.45) is 0 Å². The molecule has 0 radical (unpaired) electrons. The third-order valence-corrected chi connectivity index (χ3v) is 4.08. The molecule has 106 valence electrons. The van der Waals surface area contributed by atoms with Gasteiger partial charge in [0.2, 0.25) is 0 Å². The summed E-state index contributed by atoms with van der Waals surface area (Å²) >= 11 is 0. The van der Waals surface area contributed by atoms with Gasteiger partial charge in [0.25, 0.3) is 0 Å². The molecule has 1 aliphatic heterocycles. The van der Waals surface area contributed by atoms with E-state index in [1.54, 1.807) is 0 Å². The fourth-order valence-electron chi connectivity index (χ4n) is 2.86. The summed E-state index contributed by atoms with van der Waals surface area (Å²) in [6, 6.07) is 10.8. The highest BCUT2D eigenvalue weighted by molar-refractivity contribution is 5.19. The number of hydrogen-bond acceptors (Lipinski definition) is 3. The summed E-state index contributed by atoms with van der Waals surface area (Å²) in [5, 5.41) is 18.1. The van der Waals surface area contributed by atoms with Gasteiger partial charge in [-0.3, -0.25) is 0 Å². The van der Waals surface area contributed by atoms with E-state index in [0.717, 1.165) is 26.1 Å². The predicted octanol–water partition coefficient (Wildman–Crippen LogP) is 2.00. The van der Waals surface area contributed by atoms with Crippen molar-refractivity contribution in [3.63, 3.8) is 0 Å². The highest BCUT2D eigenvalue weighted by atomic mass is 16.3. The molecule has 1 saturated heterocycles. The van der Waals surface area contributed by atoms with Gasteiger partial charge in [-0.1, -0.05) is 30.3 Å². The SMILES string of the molecule is OCC(O)CCCN1CCC(c2ccccc2)CC1. The molecule has 3 heteroatoms. The van der Waals surface area contributed by atoms with E-state index in [1.165, 1.54) is 18.4 Å². The summed E-state index contributed by atoms with van der Waals surface area (Å²) in [5.74, 6) is 0.709. The van der Waals surface area contributed by atoms with Crippen LogP contribution in [0.1, 0.15) is 37.2 Å². The second-order valence-electron chi connectivity index (χ2n) is 5.51. The van der Waals surface area contributed by atoms with Gasteiger partial charge < -0.3 is 15.1 Å². The number of aliphatic hydroxyl groups is 2. The third-order valence-electron chi connectivity index (χ3n) is 4.08. The van der Waals surface area contributed by atoms with Gasteiger partial charge >= 0.3 is 0 Å². The lowest BCUT2D eigenvalue weighted by Gasteiger charge is -2.32. The summed E-state index contributed by atoms with van der Waals surface area (Å²) in [5.41, 5.74) is 1.47. The smallest absolute Gasteiger partial charge is 0.0771 e. The summed E-state index contributed by atoms with van der Waals surface area (Å²) in [7, 11) is 0. The van der Waals surface area contributed by atoms with Crippen molar-refractivity contribution in [1.29, 1.82) is 0 Å². The van der Waals surface area contributed by atoms with Crippen LogP contribution in [0, 0.1) is 0 Å². The van der Waals surface area contributed by atoms with Crippen molar-refractivity contribution in [1.82, 2.24) is 4.90 Å². The maximum Gasteiger partial charge on any atom is 0.0771 e. The molecule has 1 aromatic rings. The number of hydrogen-bond donors (Lipinski definition) is 2. The van der Waals surface area contributed by atoms with E-state index in [1.807, 2.05) is 0 Å². The molecule has 1 heterocycles. The second kappa shape index (κ2) is 7.63. The monoisotopic (exact) mass is 263 g/mol. The average molecular weight is 263 g/mol. The summed E-state index contributed by atoms with van der Waals surface area (Å²) in [6.45, 7) is 3.22. The van der Waals surface area contributed by atoms with Crippen molar-refractivity contribution in [2.45, 2.75) is 37.7 Å². The third kappa shape index (κ3) is 4.60. The molecule has 1 aromatic carbocycles. The van der Waals surface area contributed by atoms with Crippen LogP contribution in [0.25, 0.3) is 0 Å². The van der Waals surface area contributed by atoms with Gasteiger partial charge in [0, 0.05) is 0 Å². The molecule has 19 heavy (non-hydrogen) atoms. The zero-order valence-corrected chi connectivity index (χ0v) is 11.5. The largest absolute Gasteiger partial charge is 0.394 e. The molecule has 3 nitrogen and oxygen atoms in total. The van der Waals surface area contributed by atoms with E-state index in [4.69, 9.17) is 5.11 Å². The Kier molecular flexibility index (Phi) is 5.83. The van der Waals surface area contributed by atoms with E-state index in [0.29, 0.717) is 12.3 Å². The lowest BCUT2D eigenvalue weighted by molar-refractivity contribution is 0.0821. The van der Waals surface area contributed by atoms with E-state index in [9.17, 15) is 5.11 Å². The van der Waals surface area contributed by atoms with Crippen molar-refractivity contribution in [3.8, 4) is 0 Å². The molecular weight excluding hydrogens is 238 g/mol. The van der Waals surface area contributed by atoms with Gasteiger partial charge in [0.15, 0.2) is 0 Å². The number of likely N-dealkylation sites (tertiary alicyclic amines) is 1. The van der Waals surface area contributed by atoms with Crippen LogP contribution >= 0.6 is 0 Å². The lowest BCUT2D eigenvalue weighted by atomic mass is 9.89. The second-order valence-corrected chi connectivity index (χ2v) is 5.51. The van der Waals surface area contributed by atoms with E-state index in [2.05, 4.69) is 35.2 Å². The number of aliphatic hydroxyl groups excluding tert-OH is 2. The van der Waals surface area contributed by atoms with Crippen LogP contribution in [0.15, 0.2) is 30.3 Å². The fourth-order valence-corrected chi connectivity index (χ4v) is 2.86. The van der Waals surface area contributed by atoms with Gasteiger partial charge in [-0.05, 0) is 56.8 Å². The minimum atomic E-state index is -0.540. The van der Waals surface area contributed by atoms with Crippen molar-refractivity contribution in [3.05, 3.63) is 35.9 Å². The Balaban J connectivity index is 1.68. The Morgan fingerprint density at radius 1 is 1.16 bits per heavy atom. The summed E-state index contributed by atoms with van der Waals surface area (Å²) < 4.78 is 0. The maximum absolute atomic E-state index is 9.31. The minimum Gasteiger partial charge on any atom is -0.394 e. The van der Waals surface area contributed by atoms with Gasteiger partial charge in [-0.15, -0.1) is 0 Å². The molecule has 1 unspecified atom stereocenters. The zero-order chi connectivity index (χ0) is 13.5. The Morgan fingerprint density at radius 3 is 2.47 bits per heavy atom. The highest BCUT2D eigenvalue weighted by Gasteiger charge is 2.20. The molecule has 2 rings (SSSR count). The molecule has 0 bridgehead atoms. The van der Waals surface area contributed by atoms with Crippen LogP contribution in [0.4, 0.5) is 0 Å². The molecule has 1 aliphatic rings. The predicted molar refractivity (Wildman–Crippen MR) is 77.2 cm³/mol. The van der Waals surface area contributed by atoms with Crippen LogP contribution in [-0.2, 0) is 0 Å². The number of piperidine rings is 1. The van der Waals surface area contributed by atoms with Gasteiger partial charge in [0.05, 0.1) is 12.7 Å². The molecule has 0 spiro atoms. The fraction of sp³-hybridized carbons (Fsp3) is 0.625. The van der Waals surface area contributed by atoms with Crippen LogP contribution in [0.5, 0.6) is 0 Å². The van der Waals surface area contributed by atoms with Crippen LogP contribution in [-0.4, -0.2) is 47.5 Å². The number of rotatable bonds is 6. The standard InChI is InChI=1S/C16H25NO2/c18-13-16(19)7-4-10-17-11-8-15(9-12-17)14-5-2-1-3-6-14/h1-3,5-6,15-16,18-19H,4,7-13H2. The quantitative estimate of drug-likeness (QED) is 0.825. The summed E-state index contributed by atoms with van der Waals surface area (Å²) in [4.78, 5) is 2.48. The Labute approximate surface area is 115 Å². The van der Waals surface area contributed by atoms with Crippen molar-refractivity contribution in [2.75, 3.05) is 26.2 Å². The van der Waals surface area contributed by atoms with Crippen molar-refractivity contribution < 1.29 is 10.2 Å². The maximum atomic E-state index is 9.31. The first-order valence-corrected chi connectivity index (χ1v) is 7.36. The molecule has 2 N–H and O–H groups in total. The Hall–Kier alpha value is -0.900. The minimum absolute atomic E-state index is 0.115. The number of benzene rings is 1. The Bertz CT molecular complexity index is 347. The Morgan fingerprint density at radius 2 is 1.84 bits per heavy atom. The highest BCUT2D eigenvalue weighted by Crippen LogP contribution is 2.27. The van der Waals surface area contributed by atoms with Crippen molar-refractivity contribution >= 4 is 0 Å². The van der Waals surface area contributed by atoms with Gasteiger partial charge in [0.1, 0.15) is 0 Å². The lowest BCUT2D eigenvalue weighted by Crippen LogP contribution is -2.34. The van der Waals surface area contributed by atoms with Crippen LogP contribution < -0.4 is 0 Å². The van der Waals surface area contributed by atoms with Gasteiger partial charge in [-0.25, -0.2) is 0 Å². The van der Waals surface area contributed by atoms with E-state index >= 15 is 0 Å². The first kappa shape index (κ1) is 14.5. The molecule has 0 amide bonds.